The van der Waals surface area contributed by atoms with E-state index in [1.807, 2.05) is 6.92 Å². The molecule has 0 radical (unpaired) electrons. The molecule has 2 aromatic carbocycles. The molecular formula is C22H21ClN6O3. The molecule has 1 aromatic heterocycles. The molecule has 3 aromatic rings. The van der Waals surface area contributed by atoms with Crippen molar-refractivity contribution in [1.29, 1.82) is 0 Å². The average molecular weight is 453 g/mol. The van der Waals surface area contributed by atoms with Crippen molar-refractivity contribution >= 4 is 52.2 Å². The molecule has 0 aliphatic rings. The van der Waals surface area contributed by atoms with E-state index in [0.29, 0.717) is 34.2 Å². The number of carbonyl (C=O) groups is 2. The van der Waals surface area contributed by atoms with Crippen molar-refractivity contribution in [2.75, 3.05) is 23.1 Å². The first-order chi connectivity index (χ1) is 15.3. The summed E-state index contributed by atoms with van der Waals surface area (Å²) < 4.78 is 5.22. The number of hydrogen-bond acceptors (Lipinski definition) is 7. The predicted octanol–water partition coefficient (Wildman–Crippen LogP) is 4.16. The van der Waals surface area contributed by atoms with Gasteiger partial charge in [0.15, 0.2) is 5.82 Å². The van der Waals surface area contributed by atoms with Crippen molar-refractivity contribution in [3.63, 3.8) is 0 Å². The van der Waals surface area contributed by atoms with Gasteiger partial charge in [0.1, 0.15) is 10.8 Å². The van der Waals surface area contributed by atoms with Crippen LogP contribution in [0.25, 0.3) is 0 Å². The molecule has 32 heavy (non-hydrogen) atoms. The van der Waals surface area contributed by atoms with Crippen LogP contribution < -0.4 is 26.4 Å². The summed E-state index contributed by atoms with van der Waals surface area (Å²) in [6, 6.07) is 10.1. The molecule has 0 saturated carbocycles. The molecule has 164 valence electrons. The Bertz CT molecular complexity index is 1200. The summed E-state index contributed by atoms with van der Waals surface area (Å²) in [6.45, 7) is 5.33. The van der Waals surface area contributed by atoms with Crippen LogP contribution in [-0.2, 0) is 4.79 Å². The number of methoxy groups -OCH3 is 1. The molecule has 0 aliphatic carbocycles. The highest BCUT2D eigenvalue weighted by Gasteiger charge is 2.13. The molecule has 3 rings (SSSR count). The zero-order valence-corrected chi connectivity index (χ0v) is 18.2. The summed E-state index contributed by atoms with van der Waals surface area (Å²) in [5.74, 6) is 0.165. The monoisotopic (exact) mass is 452 g/mol. The van der Waals surface area contributed by atoms with Gasteiger partial charge in [-0.3, -0.25) is 9.59 Å². The van der Waals surface area contributed by atoms with Crippen molar-refractivity contribution in [1.82, 2.24) is 9.97 Å². The Hall–Kier alpha value is -4.11. The quantitative estimate of drug-likeness (QED) is 0.377. The van der Waals surface area contributed by atoms with Crippen LogP contribution >= 0.6 is 11.6 Å². The smallest absolute Gasteiger partial charge is 0.248 e. The van der Waals surface area contributed by atoms with Gasteiger partial charge in [-0.1, -0.05) is 24.2 Å². The van der Waals surface area contributed by atoms with E-state index in [1.54, 1.807) is 36.4 Å². The largest absolute Gasteiger partial charge is 0.497 e. The van der Waals surface area contributed by atoms with Crippen LogP contribution in [0.5, 0.6) is 5.75 Å². The molecule has 1 heterocycles. The summed E-state index contributed by atoms with van der Waals surface area (Å²) in [4.78, 5) is 31.9. The first kappa shape index (κ1) is 22.6. The van der Waals surface area contributed by atoms with Gasteiger partial charge in [0, 0.05) is 17.3 Å². The van der Waals surface area contributed by atoms with Gasteiger partial charge in [0.2, 0.25) is 17.8 Å². The molecule has 0 aliphatic heterocycles. The van der Waals surface area contributed by atoms with E-state index in [9.17, 15) is 9.59 Å². The van der Waals surface area contributed by atoms with Gasteiger partial charge in [-0.2, -0.15) is 4.98 Å². The number of aryl methyl sites for hydroxylation is 1. The van der Waals surface area contributed by atoms with Crippen molar-refractivity contribution in [3.8, 4) is 5.75 Å². The molecular weight excluding hydrogens is 432 g/mol. The lowest BCUT2D eigenvalue weighted by molar-refractivity contribution is -0.111. The molecule has 2 amide bonds. The fourth-order valence-electron chi connectivity index (χ4n) is 2.72. The second-order valence-electron chi connectivity index (χ2n) is 6.64. The second kappa shape index (κ2) is 9.80. The number of nitrogens with two attached hydrogens (primary N) is 1. The lowest BCUT2D eigenvalue weighted by atomic mass is 10.1. The summed E-state index contributed by atoms with van der Waals surface area (Å²) in [5.41, 5.74) is 8.18. The van der Waals surface area contributed by atoms with Crippen molar-refractivity contribution in [2.45, 2.75) is 6.92 Å². The number of aromatic nitrogens is 2. The number of rotatable bonds is 8. The minimum atomic E-state index is -0.541. The summed E-state index contributed by atoms with van der Waals surface area (Å²) >= 11 is 6.29. The maximum atomic E-state index is 11.8. The molecule has 0 bridgehead atoms. The first-order valence-electron chi connectivity index (χ1n) is 9.39. The number of carbonyl (C=O) groups excluding carboxylic acids is 2. The Morgan fingerprint density at radius 1 is 1.12 bits per heavy atom. The van der Waals surface area contributed by atoms with Gasteiger partial charge in [-0.05, 0) is 42.8 Å². The molecule has 10 heteroatoms. The Morgan fingerprint density at radius 2 is 1.91 bits per heavy atom. The van der Waals surface area contributed by atoms with Gasteiger partial charge in [-0.15, -0.1) is 0 Å². The maximum Gasteiger partial charge on any atom is 0.248 e. The maximum absolute atomic E-state index is 11.8. The SMILES string of the molecule is C=CC(=O)Nc1cc(OC)ccc1Nc1nc(Nc2cc(C(N)=O)ccc2C)ncc1Cl. The van der Waals surface area contributed by atoms with E-state index in [-0.39, 0.29) is 16.9 Å². The van der Waals surface area contributed by atoms with Gasteiger partial charge in [0.25, 0.3) is 0 Å². The highest BCUT2D eigenvalue weighted by molar-refractivity contribution is 6.33. The highest BCUT2D eigenvalue weighted by atomic mass is 35.5. The molecule has 0 saturated heterocycles. The predicted molar refractivity (Wildman–Crippen MR) is 125 cm³/mol. The van der Waals surface area contributed by atoms with Crippen LogP contribution in [0.15, 0.2) is 55.3 Å². The van der Waals surface area contributed by atoms with Gasteiger partial charge < -0.3 is 26.4 Å². The average Bonchev–Trinajstić information content (AvgIpc) is 2.78. The van der Waals surface area contributed by atoms with Crippen molar-refractivity contribution in [3.05, 3.63) is 71.4 Å². The molecule has 5 N–H and O–H groups in total. The zero-order valence-electron chi connectivity index (χ0n) is 17.4. The van der Waals surface area contributed by atoms with E-state index >= 15 is 0 Å². The van der Waals surface area contributed by atoms with Crippen molar-refractivity contribution < 1.29 is 14.3 Å². The van der Waals surface area contributed by atoms with Crippen LogP contribution in [0.1, 0.15) is 15.9 Å². The van der Waals surface area contributed by atoms with Crippen LogP contribution in [0.3, 0.4) is 0 Å². The standard InChI is InChI=1S/C22H21ClN6O3/c1-4-19(30)26-18-10-14(32-3)7-8-16(18)27-21-15(23)11-25-22(29-21)28-17-9-13(20(24)31)6-5-12(17)2/h4-11H,1H2,2-3H3,(H2,24,31)(H,26,30)(H2,25,27,28,29). The number of nitrogens with zero attached hydrogens (tertiary/aromatic N) is 2. The number of primary amides is 1. The number of benzene rings is 2. The Balaban J connectivity index is 1.92. The first-order valence-corrected chi connectivity index (χ1v) is 9.77. The van der Waals surface area contributed by atoms with Crippen molar-refractivity contribution in [2.24, 2.45) is 5.73 Å². The molecule has 0 spiro atoms. The number of amides is 2. The second-order valence-corrected chi connectivity index (χ2v) is 7.05. The molecule has 0 unspecified atom stereocenters. The van der Waals surface area contributed by atoms with E-state index in [0.717, 1.165) is 11.6 Å². The van der Waals surface area contributed by atoms with Gasteiger partial charge in [-0.25, -0.2) is 4.98 Å². The number of halogens is 1. The van der Waals surface area contributed by atoms with E-state index < -0.39 is 5.91 Å². The van der Waals surface area contributed by atoms with Crippen LogP contribution in [-0.4, -0.2) is 28.9 Å². The Morgan fingerprint density at radius 3 is 2.59 bits per heavy atom. The topological polar surface area (TPSA) is 131 Å². The normalized spacial score (nSPS) is 10.2. The lowest BCUT2D eigenvalue weighted by Crippen LogP contribution is -2.12. The molecule has 0 fully saturated rings. The summed E-state index contributed by atoms with van der Waals surface area (Å²) in [5, 5.41) is 9.12. The van der Waals surface area contributed by atoms with E-state index in [4.69, 9.17) is 22.1 Å². The third-order valence-corrected chi connectivity index (χ3v) is 4.71. The molecule has 9 nitrogen and oxygen atoms in total. The molecule has 0 atom stereocenters. The Labute approximate surface area is 189 Å². The van der Waals surface area contributed by atoms with E-state index in [2.05, 4.69) is 32.5 Å². The van der Waals surface area contributed by atoms with Crippen LogP contribution in [0.2, 0.25) is 5.02 Å². The van der Waals surface area contributed by atoms with Gasteiger partial charge >= 0.3 is 0 Å². The highest BCUT2D eigenvalue weighted by Crippen LogP contribution is 2.32. The third-order valence-electron chi connectivity index (χ3n) is 4.44. The number of ether oxygens (including phenoxy) is 1. The Kier molecular flexibility index (Phi) is 6.91. The van der Waals surface area contributed by atoms with E-state index in [1.165, 1.54) is 13.3 Å². The number of nitrogens with one attached hydrogen (secondary N) is 3. The minimum Gasteiger partial charge on any atom is -0.497 e. The zero-order chi connectivity index (χ0) is 23.3. The lowest BCUT2D eigenvalue weighted by Gasteiger charge is -2.15. The summed E-state index contributed by atoms with van der Waals surface area (Å²) in [6.07, 6.45) is 2.59. The van der Waals surface area contributed by atoms with Crippen LogP contribution in [0.4, 0.5) is 28.8 Å². The third kappa shape index (κ3) is 5.32. The number of hydrogen-bond donors (Lipinski definition) is 4. The fourth-order valence-corrected chi connectivity index (χ4v) is 2.86. The summed E-state index contributed by atoms with van der Waals surface area (Å²) in [7, 11) is 1.52. The fraction of sp³-hybridized carbons (Fsp3) is 0.0909. The number of anilines is 5. The minimum absolute atomic E-state index is 0.242. The van der Waals surface area contributed by atoms with Gasteiger partial charge in [0.05, 0.1) is 24.7 Å². The van der Waals surface area contributed by atoms with Crippen LogP contribution in [0, 0.1) is 6.92 Å².